The van der Waals surface area contributed by atoms with Gasteiger partial charge in [-0.25, -0.2) is 9.37 Å². The molecule has 2 aromatic rings. The van der Waals surface area contributed by atoms with Crippen LogP contribution in [-0.2, 0) is 12.0 Å². The Morgan fingerprint density at radius 3 is 2.67 bits per heavy atom. The topological polar surface area (TPSA) is 39.2 Å². The summed E-state index contributed by atoms with van der Waals surface area (Å²) in [4.78, 5) is 16.0. The van der Waals surface area contributed by atoms with Crippen LogP contribution in [0.5, 0.6) is 5.75 Å². The van der Waals surface area contributed by atoms with Crippen molar-refractivity contribution in [2.24, 2.45) is 0 Å². The number of ether oxygens (including phenoxy) is 1. The normalized spacial score (nSPS) is 11.5. The van der Waals surface area contributed by atoms with Crippen molar-refractivity contribution in [1.82, 2.24) is 4.98 Å². The highest BCUT2D eigenvalue weighted by Gasteiger charge is 2.18. The second-order valence-electron chi connectivity index (χ2n) is 5.86. The van der Waals surface area contributed by atoms with Crippen LogP contribution >= 0.6 is 11.3 Å². The van der Waals surface area contributed by atoms with E-state index in [0.29, 0.717) is 5.75 Å². The van der Waals surface area contributed by atoms with Gasteiger partial charge in [0.15, 0.2) is 5.78 Å². The third-order valence-electron chi connectivity index (χ3n) is 2.99. The molecule has 0 amide bonds. The first-order chi connectivity index (χ1) is 9.77. The number of nitrogens with zero attached hydrogens (tertiary/aromatic N) is 1. The molecule has 1 heterocycles. The molecule has 0 atom stereocenters. The van der Waals surface area contributed by atoms with Crippen molar-refractivity contribution in [3.05, 3.63) is 45.7 Å². The van der Waals surface area contributed by atoms with Gasteiger partial charge in [0, 0.05) is 10.8 Å². The summed E-state index contributed by atoms with van der Waals surface area (Å²) in [6.45, 7) is 7.96. The maximum atomic E-state index is 13.2. The molecule has 3 nitrogen and oxygen atoms in total. The van der Waals surface area contributed by atoms with E-state index < -0.39 is 5.82 Å². The van der Waals surface area contributed by atoms with Crippen LogP contribution in [0.4, 0.5) is 4.39 Å². The van der Waals surface area contributed by atoms with Gasteiger partial charge in [-0.3, -0.25) is 4.79 Å². The van der Waals surface area contributed by atoms with Crippen molar-refractivity contribution in [2.75, 3.05) is 0 Å². The number of rotatable bonds is 4. The van der Waals surface area contributed by atoms with Crippen LogP contribution < -0.4 is 4.74 Å². The third-order valence-corrected chi connectivity index (χ3v) is 3.81. The van der Waals surface area contributed by atoms with Crippen molar-refractivity contribution < 1.29 is 13.9 Å². The van der Waals surface area contributed by atoms with E-state index in [1.807, 2.05) is 5.38 Å². The number of hydrogen-bond acceptors (Lipinski definition) is 4. The number of aromatic nitrogens is 1. The maximum Gasteiger partial charge on any atom is 0.163 e. The summed E-state index contributed by atoms with van der Waals surface area (Å²) in [5, 5.41) is 2.84. The minimum Gasteiger partial charge on any atom is -0.486 e. The van der Waals surface area contributed by atoms with E-state index in [9.17, 15) is 9.18 Å². The van der Waals surface area contributed by atoms with Crippen LogP contribution in [0.25, 0.3) is 0 Å². The molecule has 112 valence electrons. The molecule has 0 N–H and O–H groups in total. The zero-order valence-corrected chi connectivity index (χ0v) is 13.4. The lowest BCUT2D eigenvalue weighted by molar-refractivity contribution is 0.101. The molecule has 0 saturated heterocycles. The fourth-order valence-corrected chi connectivity index (χ4v) is 2.70. The van der Waals surface area contributed by atoms with Crippen LogP contribution in [0.3, 0.4) is 0 Å². The van der Waals surface area contributed by atoms with Gasteiger partial charge in [-0.1, -0.05) is 20.8 Å². The van der Waals surface area contributed by atoms with Gasteiger partial charge in [0.05, 0.1) is 11.3 Å². The smallest absolute Gasteiger partial charge is 0.163 e. The van der Waals surface area contributed by atoms with Gasteiger partial charge in [-0.05, 0) is 25.1 Å². The average molecular weight is 307 g/mol. The highest BCUT2D eigenvalue weighted by atomic mass is 32.1. The Bertz CT molecular complexity index is 659. The minimum atomic E-state index is -0.447. The molecule has 0 saturated carbocycles. The van der Waals surface area contributed by atoms with Crippen molar-refractivity contribution in [1.29, 1.82) is 0 Å². The molecule has 0 radical (unpaired) electrons. The predicted octanol–water partition coefficient (Wildman–Crippen LogP) is 4.36. The fraction of sp³-hybridized carbons (Fsp3) is 0.375. The fourth-order valence-electron chi connectivity index (χ4n) is 1.76. The molecule has 1 aromatic heterocycles. The Morgan fingerprint density at radius 2 is 2.10 bits per heavy atom. The van der Waals surface area contributed by atoms with Gasteiger partial charge in [0.1, 0.15) is 23.2 Å². The van der Waals surface area contributed by atoms with E-state index in [2.05, 4.69) is 25.8 Å². The summed E-state index contributed by atoms with van der Waals surface area (Å²) in [7, 11) is 0. The van der Waals surface area contributed by atoms with Crippen molar-refractivity contribution in [3.8, 4) is 5.75 Å². The molecule has 0 unspecified atom stereocenters. The summed E-state index contributed by atoms with van der Waals surface area (Å²) >= 11 is 1.52. The Hall–Kier alpha value is -1.75. The number of thiazole rings is 1. The second-order valence-corrected chi connectivity index (χ2v) is 6.80. The summed E-state index contributed by atoms with van der Waals surface area (Å²) in [5.74, 6) is -0.285. The number of hydrogen-bond donors (Lipinski definition) is 0. The highest BCUT2D eigenvalue weighted by molar-refractivity contribution is 7.09. The van der Waals surface area contributed by atoms with Crippen molar-refractivity contribution >= 4 is 17.1 Å². The molecule has 0 fully saturated rings. The molecular weight excluding hydrogens is 289 g/mol. The van der Waals surface area contributed by atoms with Crippen LogP contribution in [0.1, 0.15) is 48.8 Å². The zero-order valence-electron chi connectivity index (χ0n) is 12.6. The largest absolute Gasteiger partial charge is 0.486 e. The van der Waals surface area contributed by atoms with Crippen LogP contribution in [0.15, 0.2) is 23.6 Å². The number of halogens is 1. The molecule has 5 heteroatoms. The van der Waals surface area contributed by atoms with E-state index in [1.54, 1.807) is 0 Å². The van der Waals surface area contributed by atoms with Crippen molar-refractivity contribution in [3.63, 3.8) is 0 Å². The summed E-state index contributed by atoms with van der Waals surface area (Å²) < 4.78 is 18.8. The average Bonchev–Trinajstić information content (AvgIpc) is 2.85. The lowest BCUT2D eigenvalue weighted by atomic mass is 9.93. The highest BCUT2D eigenvalue weighted by Crippen LogP contribution is 2.26. The lowest BCUT2D eigenvalue weighted by Crippen LogP contribution is -2.11. The molecule has 1 aromatic carbocycles. The monoisotopic (exact) mass is 307 g/mol. The van der Waals surface area contributed by atoms with Gasteiger partial charge in [0.25, 0.3) is 0 Å². The van der Waals surface area contributed by atoms with E-state index in [4.69, 9.17) is 4.74 Å². The SMILES string of the molecule is CC(=O)c1cc(F)ccc1OCc1nc(C(C)(C)C)cs1. The molecule has 0 aliphatic heterocycles. The second kappa shape index (κ2) is 5.93. The van der Waals surface area contributed by atoms with Gasteiger partial charge >= 0.3 is 0 Å². The maximum absolute atomic E-state index is 13.2. The summed E-state index contributed by atoms with van der Waals surface area (Å²) in [6, 6.07) is 3.95. The molecule has 0 aliphatic rings. The van der Waals surface area contributed by atoms with Gasteiger partial charge in [0.2, 0.25) is 0 Å². The number of ketones is 1. The molecule has 0 aliphatic carbocycles. The standard InChI is InChI=1S/C16H18FNO2S/c1-10(19)12-7-11(17)5-6-13(12)20-8-15-18-14(9-21-15)16(2,3)4/h5-7,9H,8H2,1-4H3. The van der Waals surface area contributed by atoms with Crippen LogP contribution in [-0.4, -0.2) is 10.8 Å². The lowest BCUT2D eigenvalue weighted by Gasteiger charge is -2.14. The quantitative estimate of drug-likeness (QED) is 0.788. The Labute approximate surface area is 127 Å². The molecule has 0 spiro atoms. The zero-order chi connectivity index (χ0) is 15.6. The Morgan fingerprint density at radius 1 is 1.38 bits per heavy atom. The van der Waals surface area contributed by atoms with E-state index in [1.165, 1.54) is 36.5 Å². The van der Waals surface area contributed by atoms with Gasteiger partial charge < -0.3 is 4.74 Å². The van der Waals surface area contributed by atoms with Gasteiger partial charge in [-0.2, -0.15) is 0 Å². The molecule has 0 bridgehead atoms. The number of Topliss-reactive ketones (excluding diaryl/α,β-unsaturated/α-hetero) is 1. The molecular formula is C16H18FNO2S. The summed E-state index contributed by atoms with van der Waals surface area (Å²) in [5.41, 5.74) is 1.26. The Balaban J connectivity index is 2.13. The Kier molecular flexibility index (Phi) is 4.42. The predicted molar refractivity (Wildman–Crippen MR) is 81.6 cm³/mol. The van der Waals surface area contributed by atoms with E-state index in [-0.39, 0.29) is 23.4 Å². The first kappa shape index (κ1) is 15.6. The van der Waals surface area contributed by atoms with Crippen molar-refractivity contribution in [2.45, 2.75) is 39.7 Å². The van der Waals surface area contributed by atoms with Crippen LogP contribution in [0, 0.1) is 5.82 Å². The van der Waals surface area contributed by atoms with Crippen LogP contribution in [0.2, 0.25) is 0 Å². The first-order valence-corrected chi connectivity index (χ1v) is 7.53. The van der Waals surface area contributed by atoms with E-state index >= 15 is 0 Å². The number of benzene rings is 1. The minimum absolute atomic E-state index is 0.00479. The molecule has 2 rings (SSSR count). The number of carbonyl (C=O) groups is 1. The molecule has 21 heavy (non-hydrogen) atoms. The summed E-state index contributed by atoms with van der Waals surface area (Å²) in [6.07, 6.45) is 0. The first-order valence-electron chi connectivity index (χ1n) is 6.65. The van der Waals surface area contributed by atoms with Gasteiger partial charge in [-0.15, -0.1) is 11.3 Å². The third kappa shape index (κ3) is 3.88. The number of carbonyl (C=O) groups excluding carboxylic acids is 1. The van der Waals surface area contributed by atoms with E-state index in [0.717, 1.165) is 10.7 Å².